The van der Waals surface area contributed by atoms with Crippen LogP contribution in [0.25, 0.3) is 0 Å². The van der Waals surface area contributed by atoms with Gasteiger partial charge in [-0.05, 0) is 41.5 Å². The highest BCUT2D eigenvalue weighted by molar-refractivity contribution is 7.90. The Kier molecular flexibility index (Phi) is 4.61. The first-order chi connectivity index (χ1) is 11.4. The maximum Gasteiger partial charge on any atom is 0.246 e. The highest BCUT2D eigenvalue weighted by atomic mass is 32.2. The number of rotatable bonds is 5. The van der Waals surface area contributed by atoms with Gasteiger partial charge in [-0.2, -0.15) is 0 Å². The van der Waals surface area contributed by atoms with Gasteiger partial charge in [-0.15, -0.1) is 5.10 Å². The Hall–Kier alpha value is -2.29. The minimum Gasteiger partial charge on any atom is -0.324 e. The molecule has 1 aromatic carbocycles. The molecule has 1 aliphatic rings. The number of anilines is 1. The molecule has 1 heterocycles. The lowest BCUT2D eigenvalue weighted by atomic mass is 10.1. The highest BCUT2D eigenvalue weighted by Gasteiger charge is 2.23. The summed E-state index contributed by atoms with van der Waals surface area (Å²) in [5.74, 6) is 0.751. The monoisotopic (exact) mass is 349 g/mol. The second kappa shape index (κ2) is 6.68. The highest BCUT2D eigenvalue weighted by Crippen LogP contribution is 2.32. The summed E-state index contributed by atoms with van der Waals surface area (Å²) >= 11 is 0. The normalized spacial score (nSPS) is 15.5. The lowest BCUT2D eigenvalue weighted by Crippen LogP contribution is -2.22. The Labute approximate surface area is 140 Å². The molecule has 9 heteroatoms. The maximum atomic E-state index is 12.2. The first-order valence-electron chi connectivity index (χ1n) is 7.79. The van der Waals surface area contributed by atoms with Crippen LogP contribution in [0.15, 0.2) is 29.2 Å². The molecule has 0 unspecified atom stereocenters. The summed E-state index contributed by atoms with van der Waals surface area (Å²) in [5.41, 5.74) is 0.429. The van der Waals surface area contributed by atoms with E-state index in [-0.39, 0.29) is 17.3 Å². The van der Waals surface area contributed by atoms with Gasteiger partial charge in [-0.1, -0.05) is 18.9 Å². The first-order valence-corrected chi connectivity index (χ1v) is 9.68. The fourth-order valence-electron chi connectivity index (χ4n) is 2.94. The van der Waals surface area contributed by atoms with Gasteiger partial charge in [0.2, 0.25) is 5.91 Å². The summed E-state index contributed by atoms with van der Waals surface area (Å²) in [4.78, 5) is 12.4. The van der Waals surface area contributed by atoms with Crippen LogP contribution < -0.4 is 5.32 Å². The van der Waals surface area contributed by atoms with Crippen LogP contribution in [0.2, 0.25) is 0 Å². The van der Waals surface area contributed by atoms with Crippen molar-refractivity contribution in [1.29, 1.82) is 0 Å². The van der Waals surface area contributed by atoms with E-state index in [1.54, 1.807) is 12.1 Å². The molecular formula is C15H19N5O3S. The van der Waals surface area contributed by atoms with Crippen LogP contribution >= 0.6 is 0 Å². The van der Waals surface area contributed by atoms with E-state index in [1.165, 1.54) is 16.8 Å². The van der Waals surface area contributed by atoms with Gasteiger partial charge >= 0.3 is 0 Å². The van der Waals surface area contributed by atoms with E-state index < -0.39 is 9.84 Å². The third-order valence-electron chi connectivity index (χ3n) is 4.12. The quantitative estimate of drug-likeness (QED) is 0.874. The van der Waals surface area contributed by atoms with Gasteiger partial charge in [0.05, 0.1) is 4.90 Å². The van der Waals surface area contributed by atoms with Crippen LogP contribution in [0.4, 0.5) is 5.69 Å². The third kappa shape index (κ3) is 3.78. The summed E-state index contributed by atoms with van der Waals surface area (Å²) in [5, 5.41) is 14.3. The average molecular weight is 349 g/mol. The van der Waals surface area contributed by atoms with Gasteiger partial charge in [0.25, 0.3) is 0 Å². The van der Waals surface area contributed by atoms with Crippen molar-refractivity contribution < 1.29 is 13.2 Å². The van der Waals surface area contributed by atoms with Crippen molar-refractivity contribution in [1.82, 2.24) is 20.2 Å². The van der Waals surface area contributed by atoms with Crippen LogP contribution in [0.1, 0.15) is 37.4 Å². The molecule has 2 aromatic rings. The minimum absolute atomic E-state index is 0.00192. The van der Waals surface area contributed by atoms with E-state index in [2.05, 4.69) is 20.8 Å². The van der Waals surface area contributed by atoms with E-state index >= 15 is 0 Å². The Balaban J connectivity index is 1.70. The molecule has 1 aliphatic carbocycles. The standard InChI is InChI=1S/C15H19N5O3S/c1-24(22,23)13-8-4-7-12(9-13)16-14(21)10-20-15(17-18-19-20)11-5-2-3-6-11/h4,7-9,11H,2-3,5-6,10H2,1H3,(H,16,21). The zero-order chi connectivity index (χ0) is 17.2. The van der Waals surface area contributed by atoms with E-state index in [4.69, 9.17) is 0 Å². The molecule has 3 rings (SSSR count). The fourth-order valence-corrected chi connectivity index (χ4v) is 3.61. The summed E-state index contributed by atoms with van der Waals surface area (Å²) in [7, 11) is -3.32. The minimum atomic E-state index is -3.32. The summed E-state index contributed by atoms with van der Waals surface area (Å²) in [6.07, 6.45) is 5.52. The Morgan fingerprint density at radius 2 is 2.08 bits per heavy atom. The molecule has 1 amide bonds. The number of nitrogens with one attached hydrogen (secondary N) is 1. The largest absolute Gasteiger partial charge is 0.324 e. The molecule has 24 heavy (non-hydrogen) atoms. The maximum absolute atomic E-state index is 12.2. The smallest absolute Gasteiger partial charge is 0.246 e. The van der Waals surface area contributed by atoms with Crippen LogP contribution in [-0.4, -0.2) is 40.8 Å². The molecule has 0 radical (unpaired) electrons. The van der Waals surface area contributed by atoms with Gasteiger partial charge < -0.3 is 5.32 Å². The van der Waals surface area contributed by atoms with E-state index in [1.807, 2.05) is 0 Å². The molecule has 0 aliphatic heterocycles. The first kappa shape index (κ1) is 16.6. The second-order valence-corrected chi connectivity index (χ2v) is 8.04. The number of hydrogen-bond donors (Lipinski definition) is 1. The molecule has 1 fully saturated rings. The van der Waals surface area contributed by atoms with E-state index in [0.29, 0.717) is 11.6 Å². The van der Waals surface area contributed by atoms with Crippen molar-refractivity contribution in [2.24, 2.45) is 0 Å². The predicted octanol–water partition coefficient (Wildman–Crippen LogP) is 1.37. The van der Waals surface area contributed by atoms with Gasteiger partial charge in [0.15, 0.2) is 15.7 Å². The zero-order valence-corrected chi connectivity index (χ0v) is 14.2. The predicted molar refractivity (Wildman–Crippen MR) is 87.2 cm³/mol. The second-order valence-electron chi connectivity index (χ2n) is 6.02. The van der Waals surface area contributed by atoms with Gasteiger partial charge in [0.1, 0.15) is 6.54 Å². The third-order valence-corrected chi connectivity index (χ3v) is 5.23. The lowest BCUT2D eigenvalue weighted by molar-refractivity contribution is -0.117. The number of nitrogens with zero attached hydrogens (tertiary/aromatic N) is 4. The summed E-state index contributed by atoms with van der Waals surface area (Å²) in [6.45, 7) is 0.00192. The average Bonchev–Trinajstić information content (AvgIpc) is 3.17. The van der Waals surface area contributed by atoms with Crippen molar-refractivity contribution >= 4 is 21.4 Å². The lowest BCUT2D eigenvalue weighted by Gasteiger charge is -2.10. The Morgan fingerprint density at radius 3 is 2.79 bits per heavy atom. The number of aromatic nitrogens is 4. The van der Waals surface area contributed by atoms with Crippen molar-refractivity contribution in [3.05, 3.63) is 30.1 Å². The Morgan fingerprint density at radius 1 is 1.33 bits per heavy atom. The molecule has 128 valence electrons. The molecule has 0 atom stereocenters. The number of carbonyl (C=O) groups is 1. The van der Waals surface area contributed by atoms with Gasteiger partial charge in [-0.25, -0.2) is 13.1 Å². The van der Waals surface area contributed by atoms with Crippen molar-refractivity contribution in [2.75, 3.05) is 11.6 Å². The summed E-state index contributed by atoms with van der Waals surface area (Å²) in [6, 6.07) is 6.16. The molecule has 0 spiro atoms. The molecule has 1 saturated carbocycles. The number of benzene rings is 1. The van der Waals surface area contributed by atoms with Crippen LogP contribution in [0, 0.1) is 0 Å². The topological polar surface area (TPSA) is 107 Å². The Bertz CT molecular complexity index is 840. The summed E-state index contributed by atoms with van der Waals surface area (Å²) < 4.78 is 24.7. The van der Waals surface area contributed by atoms with Crippen LogP contribution in [-0.2, 0) is 21.2 Å². The molecule has 8 nitrogen and oxygen atoms in total. The molecule has 1 aromatic heterocycles. The zero-order valence-electron chi connectivity index (χ0n) is 13.3. The van der Waals surface area contributed by atoms with Crippen molar-refractivity contribution in [2.45, 2.75) is 43.0 Å². The fraction of sp³-hybridized carbons (Fsp3) is 0.467. The van der Waals surface area contributed by atoms with Crippen molar-refractivity contribution in [3.8, 4) is 0 Å². The number of amides is 1. The van der Waals surface area contributed by atoms with Gasteiger partial charge in [-0.3, -0.25) is 4.79 Å². The number of sulfone groups is 1. The van der Waals surface area contributed by atoms with Crippen LogP contribution in [0.3, 0.4) is 0 Å². The number of carbonyl (C=O) groups excluding carboxylic acids is 1. The molecule has 0 bridgehead atoms. The number of hydrogen-bond acceptors (Lipinski definition) is 6. The van der Waals surface area contributed by atoms with E-state index in [0.717, 1.165) is 37.8 Å². The molecular weight excluding hydrogens is 330 g/mol. The van der Waals surface area contributed by atoms with Gasteiger partial charge in [0, 0.05) is 17.9 Å². The number of tetrazole rings is 1. The molecule has 0 saturated heterocycles. The van der Waals surface area contributed by atoms with Crippen LogP contribution in [0.5, 0.6) is 0 Å². The SMILES string of the molecule is CS(=O)(=O)c1cccc(NC(=O)Cn2nnnc2C2CCCC2)c1. The molecule has 1 N–H and O–H groups in total. The van der Waals surface area contributed by atoms with Crippen molar-refractivity contribution in [3.63, 3.8) is 0 Å². The van der Waals surface area contributed by atoms with E-state index in [9.17, 15) is 13.2 Å².